The lowest BCUT2D eigenvalue weighted by molar-refractivity contribution is -0.137. The molecule has 1 amide bonds. The molecule has 0 spiro atoms. The molecule has 0 aliphatic carbocycles. The summed E-state index contributed by atoms with van der Waals surface area (Å²) in [6.45, 7) is 9.43. The van der Waals surface area contributed by atoms with Crippen molar-refractivity contribution in [3.63, 3.8) is 0 Å². The lowest BCUT2D eigenvalue weighted by Crippen LogP contribution is -2.51. The average molecular weight is 375 g/mol. The van der Waals surface area contributed by atoms with Crippen LogP contribution in [0.25, 0.3) is 6.08 Å². The molecule has 3 rings (SSSR count). The van der Waals surface area contributed by atoms with Gasteiger partial charge in [0, 0.05) is 45.8 Å². The van der Waals surface area contributed by atoms with Gasteiger partial charge < -0.3 is 9.64 Å². The maximum Gasteiger partial charge on any atom is 0.239 e. The molecular formula is C21H30FN3O2. The minimum absolute atomic E-state index is 0.0705. The van der Waals surface area contributed by atoms with Crippen molar-refractivity contribution in [3.8, 4) is 0 Å². The Morgan fingerprint density at radius 1 is 1.11 bits per heavy atom. The number of nitrogens with zero attached hydrogens (tertiary/aromatic N) is 3. The van der Waals surface area contributed by atoms with E-state index in [2.05, 4.69) is 15.9 Å². The Morgan fingerprint density at radius 3 is 2.59 bits per heavy atom. The van der Waals surface area contributed by atoms with E-state index in [9.17, 15) is 9.18 Å². The van der Waals surface area contributed by atoms with E-state index < -0.39 is 0 Å². The van der Waals surface area contributed by atoms with E-state index in [-0.39, 0.29) is 17.8 Å². The Morgan fingerprint density at radius 2 is 1.85 bits per heavy atom. The van der Waals surface area contributed by atoms with Gasteiger partial charge in [-0.3, -0.25) is 14.6 Å². The van der Waals surface area contributed by atoms with Gasteiger partial charge in [0.05, 0.1) is 19.3 Å². The smallest absolute Gasteiger partial charge is 0.239 e. The lowest BCUT2D eigenvalue weighted by Gasteiger charge is -2.34. The highest BCUT2D eigenvalue weighted by atomic mass is 19.1. The van der Waals surface area contributed by atoms with Crippen molar-refractivity contribution in [2.24, 2.45) is 0 Å². The molecular weight excluding hydrogens is 345 g/mol. The van der Waals surface area contributed by atoms with Gasteiger partial charge in [-0.15, -0.1) is 0 Å². The van der Waals surface area contributed by atoms with Crippen molar-refractivity contribution in [2.45, 2.75) is 19.4 Å². The van der Waals surface area contributed by atoms with Gasteiger partial charge in [0.25, 0.3) is 0 Å². The van der Waals surface area contributed by atoms with Crippen LogP contribution in [0.2, 0.25) is 0 Å². The van der Waals surface area contributed by atoms with Gasteiger partial charge in [-0.1, -0.05) is 24.3 Å². The Balaban J connectivity index is 1.46. The molecule has 2 aliphatic heterocycles. The van der Waals surface area contributed by atoms with E-state index in [1.54, 1.807) is 12.1 Å². The van der Waals surface area contributed by atoms with Crippen LogP contribution in [0.15, 0.2) is 30.3 Å². The quantitative estimate of drug-likeness (QED) is 0.790. The van der Waals surface area contributed by atoms with Crippen LogP contribution in [0.1, 0.15) is 18.9 Å². The first-order valence-corrected chi connectivity index (χ1v) is 9.88. The summed E-state index contributed by atoms with van der Waals surface area (Å²) in [6.07, 6.45) is 5.13. The molecule has 2 heterocycles. The van der Waals surface area contributed by atoms with Crippen molar-refractivity contribution >= 4 is 12.0 Å². The molecule has 148 valence electrons. The summed E-state index contributed by atoms with van der Waals surface area (Å²) in [6, 6.07) is 6.44. The van der Waals surface area contributed by atoms with Crippen LogP contribution in [-0.4, -0.2) is 85.7 Å². The number of hydrogen-bond donors (Lipinski definition) is 0. The average Bonchev–Trinajstić information content (AvgIpc) is 2.95. The van der Waals surface area contributed by atoms with Crippen LogP contribution in [0.3, 0.4) is 0 Å². The first-order valence-electron chi connectivity index (χ1n) is 9.88. The van der Waals surface area contributed by atoms with Gasteiger partial charge in [0.15, 0.2) is 0 Å². The first kappa shape index (κ1) is 20.0. The third kappa shape index (κ3) is 5.86. The number of carbonyl (C=O) groups is 1. The molecule has 0 bridgehead atoms. The molecule has 2 saturated heterocycles. The number of morpholine rings is 1. The molecule has 1 aromatic carbocycles. The predicted molar refractivity (Wildman–Crippen MR) is 105 cm³/mol. The number of hydrogen-bond acceptors (Lipinski definition) is 4. The monoisotopic (exact) mass is 375 g/mol. The van der Waals surface area contributed by atoms with Crippen LogP contribution in [-0.2, 0) is 9.53 Å². The van der Waals surface area contributed by atoms with Crippen LogP contribution in [0.5, 0.6) is 0 Å². The topological polar surface area (TPSA) is 36.0 Å². The summed E-state index contributed by atoms with van der Waals surface area (Å²) in [7, 11) is 0. The highest BCUT2D eigenvalue weighted by Crippen LogP contribution is 2.11. The maximum absolute atomic E-state index is 12.9. The summed E-state index contributed by atoms with van der Waals surface area (Å²) >= 11 is 0. The standard InChI is InChI=1S/C21H30FN3O2/c1-18(24-14-16-27-17-15-24)21(26)25-11-3-10-23(12-13-25)9-2-4-19-5-7-20(22)8-6-19/h2,4-8,18H,3,9-17H2,1H3. The second-order valence-corrected chi connectivity index (χ2v) is 7.26. The predicted octanol–water partition coefficient (Wildman–Crippen LogP) is 2.09. The molecule has 5 nitrogen and oxygen atoms in total. The first-order chi connectivity index (χ1) is 13.1. The molecule has 2 aliphatic rings. The van der Waals surface area contributed by atoms with Crippen molar-refractivity contribution < 1.29 is 13.9 Å². The van der Waals surface area contributed by atoms with Crippen molar-refractivity contribution in [2.75, 3.05) is 59.0 Å². The third-order valence-corrected chi connectivity index (χ3v) is 5.39. The number of ether oxygens (including phenoxy) is 1. The summed E-state index contributed by atoms with van der Waals surface area (Å²) in [5.74, 6) is 0.0244. The molecule has 6 heteroatoms. The van der Waals surface area contributed by atoms with E-state index in [0.717, 1.165) is 57.8 Å². The fraction of sp³-hybridized carbons (Fsp3) is 0.571. The lowest BCUT2D eigenvalue weighted by atomic mass is 10.2. The van der Waals surface area contributed by atoms with Crippen molar-refractivity contribution in [3.05, 3.63) is 41.7 Å². The summed E-state index contributed by atoms with van der Waals surface area (Å²) in [5.41, 5.74) is 1.00. The van der Waals surface area contributed by atoms with E-state index in [1.165, 1.54) is 12.1 Å². The van der Waals surface area contributed by atoms with Crippen LogP contribution in [0, 0.1) is 5.82 Å². The van der Waals surface area contributed by atoms with E-state index in [1.807, 2.05) is 17.9 Å². The molecule has 0 aromatic heterocycles. The third-order valence-electron chi connectivity index (χ3n) is 5.39. The molecule has 0 N–H and O–H groups in total. The molecule has 1 atom stereocenters. The van der Waals surface area contributed by atoms with Gasteiger partial charge in [-0.2, -0.15) is 0 Å². The second kappa shape index (κ2) is 9.97. The number of benzene rings is 1. The Hall–Kier alpha value is -1.76. The van der Waals surface area contributed by atoms with E-state index in [0.29, 0.717) is 13.2 Å². The van der Waals surface area contributed by atoms with Gasteiger partial charge in [0.2, 0.25) is 5.91 Å². The number of rotatable bonds is 5. The van der Waals surface area contributed by atoms with Crippen LogP contribution in [0.4, 0.5) is 4.39 Å². The number of halogens is 1. The maximum atomic E-state index is 12.9. The summed E-state index contributed by atoms with van der Waals surface area (Å²) in [5, 5.41) is 0. The molecule has 0 saturated carbocycles. The minimum atomic E-state index is -0.212. The summed E-state index contributed by atoms with van der Waals surface area (Å²) < 4.78 is 18.3. The molecule has 27 heavy (non-hydrogen) atoms. The zero-order valence-electron chi connectivity index (χ0n) is 16.1. The van der Waals surface area contributed by atoms with Gasteiger partial charge >= 0.3 is 0 Å². The van der Waals surface area contributed by atoms with Gasteiger partial charge in [-0.25, -0.2) is 4.39 Å². The van der Waals surface area contributed by atoms with Crippen LogP contribution < -0.4 is 0 Å². The highest BCUT2D eigenvalue weighted by molar-refractivity contribution is 5.81. The highest BCUT2D eigenvalue weighted by Gasteiger charge is 2.28. The molecule has 2 fully saturated rings. The minimum Gasteiger partial charge on any atom is -0.379 e. The van der Waals surface area contributed by atoms with Crippen molar-refractivity contribution in [1.82, 2.24) is 14.7 Å². The normalized spacial score (nSPS) is 21.3. The SMILES string of the molecule is CC(C(=O)N1CCCN(CC=Cc2ccc(F)cc2)CC1)N1CCOCC1. The fourth-order valence-electron chi connectivity index (χ4n) is 3.67. The molecule has 1 unspecified atom stereocenters. The zero-order chi connectivity index (χ0) is 19.1. The molecule has 0 radical (unpaired) electrons. The Bertz CT molecular complexity index is 629. The van der Waals surface area contributed by atoms with Gasteiger partial charge in [0.1, 0.15) is 5.82 Å². The fourth-order valence-corrected chi connectivity index (χ4v) is 3.67. The number of carbonyl (C=O) groups excluding carboxylic acids is 1. The Labute approximate surface area is 161 Å². The number of amides is 1. The summed E-state index contributed by atoms with van der Waals surface area (Å²) in [4.78, 5) is 19.5. The van der Waals surface area contributed by atoms with Crippen molar-refractivity contribution in [1.29, 1.82) is 0 Å². The largest absolute Gasteiger partial charge is 0.379 e. The molecule has 1 aromatic rings. The second-order valence-electron chi connectivity index (χ2n) is 7.26. The van der Waals surface area contributed by atoms with E-state index in [4.69, 9.17) is 4.74 Å². The zero-order valence-corrected chi connectivity index (χ0v) is 16.1. The van der Waals surface area contributed by atoms with Crippen LogP contribution >= 0.6 is 0 Å². The van der Waals surface area contributed by atoms with E-state index >= 15 is 0 Å². The van der Waals surface area contributed by atoms with Gasteiger partial charge in [-0.05, 0) is 31.0 Å². The Kier molecular flexibility index (Phi) is 7.38.